The van der Waals surface area contributed by atoms with Crippen LogP contribution in [-0.2, 0) is 4.79 Å². The van der Waals surface area contributed by atoms with E-state index in [9.17, 15) is 9.18 Å². The van der Waals surface area contributed by atoms with E-state index in [0.29, 0.717) is 0 Å². The van der Waals surface area contributed by atoms with Gasteiger partial charge in [0.15, 0.2) is 0 Å². The molecule has 5 heteroatoms. The Morgan fingerprint density at radius 3 is 2.42 bits per heavy atom. The summed E-state index contributed by atoms with van der Waals surface area (Å²) in [6.07, 6.45) is 3.45. The molecule has 1 aromatic heterocycles. The van der Waals surface area contributed by atoms with E-state index in [1.165, 1.54) is 6.07 Å². The SMILES string of the molecule is CC/C(=C(/c1ccc(/C=C/C(=O)O)cc1)c1ccc2n[nH]c(C)c2c1)c1ccc(F)cc1C. The van der Waals surface area contributed by atoms with Crippen molar-refractivity contribution in [3.05, 3.63) is 106 Å². The van der Waals surface area contributed by atoms with Crippen LogP contribution in [0, 0.1) is 19.7 Å². The number of carbonyl (C=O) groups is 1. The van der Waals surface area contributed by atoms with Crippen molar-refractivity contribution >= 4 is 34.1 Å². The third-order valence-electron chi connectivity index (χ3n) is 5.82. The molecule has 1 heterocycles. The predicted octanol–water partition coefficient (Wildman–Crippen LogP) is 6.79. The fourth-order valence-corrected chi connectivity index (χ4v) is 4.20. The number of hydrogen-bond donors (Lipinski definition) is 2. The Balaban J connectivity index is 1.95. The fourth-order valence-electron chi connectivity index (χ4n) is 4.20. The van der Waals surface area contributed by atoms with Crippen LogP contribution in [0.2, 0.25) is 0 Å². The normalized spacial score (nSPS) is 12.4. The number of aryl methyl sites for hydroxylation is 2. The maximum Gasteiger partial charge on any atom is 0.328 e. The van der Waals surface area contributed by atoms with Gasteiger partial charge in [-0.15, -0.1) is 0 Å². The molecular formula is C28H25FN2O2. The first-order valence-electron chi connectivity index (χ1n) is 10.8. The van der Waals surface area contributed by atoms with Crippen molar-refractivity contribution in [1.82, 2.24) is 10.2 Å². The van der Waals surface area contributed by atoms with Crippen LogP contribution in [0.25, 0.3) is 28.1 Å². The number of carboxylic acid groups (broad SMARTS) is 1. The minimum absolute atomic E-state index is 0.252. The number of allylic oxidation sites excluding steroid dienone is 1. The van der Waals surface area contributed by atoms with E-state index in [0.717, 1.165) is 68.1 Å². The Kier molecular flexibility index (Phi) is 6.22. The standard InChI is InChI=1S/C28H25FN2O2/c1-4-23(24-12-11-22(29)15-17(24)2)28(20-8-5-19(6-9-20)7-14-27(32)33)21-10-13-26-25(16-21)18(3)30-31-26/h5-16H,4H2,1-3H3,(H,30,31)(H,32,33)/b14-7+,28-23+. The quantitative estimate of drug-likeness (QED) is 0.256. The summed E-state index contributed by atoms with van der Waals surface area (Å²) < 4.78 is 13.8. The number of aliphatic carboxylic acids is 1. The second-order valence-corrected chi connectivity index (χ2v) is 8.04. The molecule has 4 nitrogen and oxygen atoms in total. The Labute approximate surface area is 192 Å². The number of carboxylic acids is 1. The van der Waals surface area contributed by atoms with E-state index in [-0.39, 0.29) is 5.82 Å². The number of fused-ring (bicyclic) bond motifs is 1. The summed E-state index contributed by atoms with van der Waals surface area (Å²) in [5.74, 6) is -1.23. The maximum atomic E-state index is 13.8. The number of rotatable bonds is 6. The van der Waals surface area contributed by atoms with Crippen molar-refractivity contribution in [2.45, 2.75) is 27.2 Å². The van der Waals surface area contributed by atoms with Gasteiger partial charge in [0, 0.05) is 17.2 Å². The molecule has 0 amide bonds. The molecule has 0 spiro atoms. The third-order valence-corrected chi connectivity index (χ3v) is 5.82. The molecule has 4 rings (SSSR count). The molecule has 0 aliphatic heterocycles. The van der Waals surface area contributed by atoms with Crippen LogP contribution in [0.4, 0.5) is 4.39 Å². The number of aromatic nitrogens is 2. The zero-order valence-electron chi connectivity index (χ0n) is 18.8. The number of aromatic amines is 1. The number of halogens is 1. The molecule has 0 saturated carbocycles. The fraction of sp³-hybridized carbons (Fsp3) is 0.143. The largest absolute Gasteiger partial charge is 0.478 e. The minimum atomic E-state index is -0.983. The Morgan fingerprint density at radius 1 is 1.03 bits per heavy atom. The van der Waals surface area contributed by atoms with E-state index in [2.05, 4.69) is 29.3 Å². The first-order valence-corrected chi connectivity index (χ1v) is 10.8. The summed E-state index contributed by atoms with van der Waals surface area (Å²) in [4.78, 5) is 10.9. The predicted molar refractivity (Wildman–Crippen MR) is 131 cm³/mol. The number of nitrogens with zero attached hydrogens (tertiary/aromatic N) is 1. The molecule has 0 aliphatic rings. The lowest BCUT2D eigenvalue weighted by atomic mass is 9.86. The highest BCUT2D eigenvalue weighted by Crippen LogP contribution is 2.37. The van der Waals surface area contributed by atoms with Gasteiger partial charge in [-0.3, -0.25) is 5.10 Å². The second-order valence-electron chi connectivity index (χ2n) is 8.04. The maximum absolute atomic E-state index is 13.8. The van der Waals surface area contributed by atoms with Gasteiger partial charge < -0.3 is 5.11 Å². The van der Waals surface area contributed by atoms with Crippen LogP contribution in [0.5, 0.6) is 0 Å². The van der Waals surface area contributed by atoms with E-state index < -0.39 is 5.97 Å². The Bertz CT molecular complexity index is 1400. The number of H-pyrrole nitrogens is 1. The Morgan fingerprint density at radius 2 is 1.76 bits per heavy atom. The molecule has 0 atom stereocenters. The molecule has 2 N–H and O–H groups in total. The highest BCUT2D eigenvalue weighted by molar-refractivity contribution is 6.01. The smallest absolute Gasteiger partial charge is 0.328 e. The molecule has 4 aromatic rings. The molecule has 0 aliphatic carbocycles. The highest BCUT2D eigenvalue weighted by atomic mass is 19.1. The van der Waals surface area contributed by atoms with Crippen LogP contribution >= 0.6 is 0 Å². The zero-order chi connectivity index (χ0) is 23.5. The van der Waals surface area contributed by atoms with Crippen LogP contribution < -0.4 is 0 Å². The summed E-state index contributed by atoms with van der Waals surface area (Å²) in [6.45, 7) is 6.02. The summed E-state index contributed by atoms with van der Waals surface area (Å²) in [5.41, 5.74) is 8.81. The zero-order valence-corrected chi connectivity index (χ0v) is 18.8. The minimum Gasteiger partial charge on any atom is -0.478 e. The summed E-state index contributed by atoms with van der Waals surface area (Å²) in [5, 5.41) is 17.3. The van der Waals surface area contributed by atoms with Gasteiger partial charge in [-0.25, -0.2) is 9.18 Å². The topological polar surface area (TPSA) is 66.0 Å². The van der Waals surface area contributed by atoms with Crippen LogP contribution in [0.3, 0.4) is 0 Å². The summed E-state index contributed by atoms with van der Waals surface area (Å²) >= 11 is 0. The van der Waals surface area contributed by atoms with Gasteiger partial charge >= 0.3 is 5.97 Å². The van der Waals surface area contributed by atoms with Gasteiger partial charge in [0.05, 0.1) is 5.52 Å². The lowest BCUT2D eigenvalue weighted by Crippen LogP contribution is -1.98. The number of hydrogen-bond acceptors (Lipinski definition) is 2. The van der Waals surface area contributed by atoms with Crippen molar-refractivity contribution in [3.8, 4) is 0 Å². The van der Waals surface area contributed by atoms with Crippen molar-refractivity contribution in [3.63, 3.8) is 0 Å². The monoisotopic (exact) mass is 440 g/mol. The second kappa shape index (κ2) is 9.25. The molecule has 0 saturated heterocycles. The van der Waals surface area contributed by atoms with Crippen molar-refractivity contribution in [1.29, 1.82) is 0 Å². The molecule has 0 fully saturated rings. The first-order chi connectivity index (χ1) is 15.9. The number of nitrogens with one attached hydrogen (secondary N) is 1. The molecule has 0 radical (unpaired) electrons. The van der Waals surface area contributed by atoms with Crippen LogP contribution in [0.1, 0.15) is 46.9 Å². The lowest BCUT2D eigenvalue weighted by molar-refractivity contribution is -0.131. The molecule has 166 valence electrons. The molecule has 3 aromatic carbocycles. The molecule has 0 unspecified atom stereocenters. The van der Waals surface area contributed by atoms with Crippen molar-refractivity contribution in [2.75, 3.05) is 0 Å². The molecular weight excluding hydrogens is 415 g/mol. The van der Waals surface area contributed by atoms with Gasteiger partial charge in [-0.05, 0) is 89.6 Å². The molecule has 0 bridgehead atoms. The Hall–Kier alpha value is -3.99. The average molecular weight is 441 g/mol. The van der Waals surface area contributed by atoms with Gasteiger partial charge in [0.25, 0.3) is 0 Å². The van der Waals surface area contributed by atoms with Gasteiger partial charge in [-0.1, -0.05) is 43.3 Å². The van der Waals surface area contributed by atoms with E-state index in [1.807, 2.05) is 50.2 Å². The van der Waals surface area contributed by atoms with Gasteiger partial charge in [-0.2, -0.15) is 5.10 Å². The lowest BCUT2D eigenvalue weighted by Gasteiger charge is -2.18. The van der Waals surface area contributed by atoms with E-state index >= 15 is 0 Å². The summed E-state index contributed by atoms with van der Waals surface area (Å²) in [6, 6.07) is 18.9. The van der Waals surface area contributed by atoms with Crippen LogP contribution in [0.15, 0.2) is 66.7 Å². The van der Waals surface area contributed by atoms with Gasteiger partial charge in [0.1, 0.15) is 5.82 Å². The summed E-state index contributed by atoms with van der Waals surface area (Å²) in [7, 11) is 0. The van der Waals surface area contributed by atoms with E-state index in [1.54, 1.807) is 12.1 Å². The highest BCUT2D eigenvalue weighted by Gasteiger charge is 2.16. The van der Waals surface area contributed by atoms with Crippen molar-refractivity contribution in [2.24, 2.45) is 0 Å². The first kappa shape index (κ1) is 22.2. The average Bonchev–Trinajstić information content (AvgIpc) is 3.17. The van der Waals surface area contributed by atoms with E-state index in [4.69, 9.17) is 5.11 Å². The van der Waals surface area contributed by atoms with Crippen LogP contribution in [-0.4, -0.2) is 21.3 Å². The van der Waals surface area contributed by atoms with Gasteiger partial charge in [0.2, 0.25) is 0 Å². The van der Waals surface area contributed by atoms with Crippen molar-refractivity contribution < 1.29 is 14.3 Å². The third kappa shape index (κ3) is 4.62. The number of benzene rings is 3. The molecule has 33 heavy (non-hydrogen) atoms.